The predicted octanol–water partition coefficient (Wildman–Crippen LogP) is 3.78. The van der Waals surface area contributed by atoms with Gasteiger partial charge in [0.15, 0.2) is 11.5 Å². The molecule has 0 aromatic heterocycles. The Hall–Kier alpha value is -1.71. The second kappa shape index (κ2) is 7.34. The summed E-state index contributed by atoms with van der Waals surface area (Å²) in [6, 6.07) is 14.0. The van der Waals surface area contributed by atoms with Crippen molar-refractivity contribution in [2.24, 2.45) is 0 Å². The van der Waals surface area contributed by atoms with Crippen LogP contribution >= 0.6 is 11.6 Å². The van der Waals surface area contributed by atoms with Crippen LogP contribution in [0.25, 0.3) is 0 Å². The number of phenols is 1. The Labute approximate surface area is 130 Å². The first kappa shape index (κ1) is 15.7. The van der Waals surface area contributed by atoms with Gasteiger partial charge in [-0.3, -0.25) is 0 Å². The minimum Gasteiger partial charge on any atom is -0.504 e. The first-order valence-electron chi connectivity index (χ1n) is 6.93. The maximum atomic E-state index is 10.1. The van der Waals surface area contributed by atoms with Gasteiger partial charge in [-0.2, -0.15) is 0 Å². The molecule has 3 nitrogen and oxygen atoms in total. The molecule has 0 fully saturated rings. The summed E-state index contributed by atoms with van der Waals surface area (Å²) in [6.45, 7) is 2.66. The Balaban J connectivity index is 1.98. The first-order chi connectivity index (χ1) is 10.1. The SMILES string of the molecule is COc1cc(Cl)cc(CNC(C)Cc2ccccc2)c1O. The van der Waals surface area contributed by atoms with E-state index in [0.717, 1.165) is 12.0 Å². The third kappa shape index (κ3) is 4.38. The summed E-state index contributed by atoms with van der Waals surface area (Å²) in [4.78, 5) is 0. The lowest BCUT2D eigenvalue weighted by Gasteiger charge is -2.16. The van der Waals surface area contributed by atoms with Crippen molar-refractivity contribution in [1.29, 1.82) is 0 Å². The molecule has 0 saturated carbocycles. The number of rotatable bonds is 6. The molecule has 0 saturated heterocycles. The number of methoxy groups -OCH3 is 1. The lowest BCUT2D eigenvalue weighted by molar-refractivity contribution is 0.369. The Bertz CT molecular complexity index is 587. The first-order valence-corrected chi connectivity index (χ1v) is 7.30. The van der Waals surface area contributed by atoms with E-state index in [4.69, 9.17) is 16.3 Å². The minimum atomic E-state index is 0.140. The van der Waals surface area contributed by atoms with Gasteiger partial charge in [0.05, 0.1) is 7.11 Å². The third-order valence-electron chi connectivity index (χ3n) is 3.36. The van der Waals surface area contributed by atoms with Crippen molar-refractivity contribution in [3.05, 3.63) is 58.6 Å². The molecule has 2 aromatic rings. The number of ether oxygens (including phenoxy) is 1. The van der Waals surface area contributed by atoms with Crippen LogP contribution in [-0.4, -0.2) is 18.3 Å². The Kier molecular flexibility index (Phi) is 5.48. The van der Waals surface area contributed by atoms with Crippen molar-refractivity contribution in [1.82, 2.24) is 5.32 Å². The van der Waals surface area contributed by atoms with Crippen molar-refractivity contribution in [2.45, 2.75) is 25.9 Å². The molecule has 0 aliphatic carbocycles. The Morgan fingerprint density at radius 2 is 1.95 bits per heavy atom. The van der Waals surface area contributed by atoms with E-state index in [2.05, 4.69) is 24.4 Å². The van der Waals surface area contributed by atoms with Crippen LogP contribution in [0.5, 0.6) is 11.5 Å². The lowest BCUT2D eigenvalue weighted by Crippen LogP contribution is -2.27. The van der Waals surface area contributed by atoms with Crippen LogP contribution < -0.4 is 10.1 Å². The molecule has 0 aliphatic rings. The zero-order valence-electron chi connectivity index (χ0n) is 12.3. The molecule has 0 amide bonds. The van der Waals surface area contributed by atoms with E-state index < -0.39 is 0 Å². The quantitative estimate of drug-likeness (QED) is 0.853. The molecular weight excluding hydrogens is 286 g/mol. The maximum absolute atomic E-state index is 10.1. The summed E-state index contributed by atoms with van der Waals surface area (Å²) >= 11 is 6.03. The molecule has 112 valence electrons. The fraction of sp³-hybridized carbons (Fsp3) is 0.294. The number of halogens is 1. The monoisotopic (exact) mass is 305 g/mol. The smallest absolute Gasteiger partial charge is 0.162 e. The average molecular weight is 306 g/mol. The van der Waals surface area contributed by atoms with Crippen LogP contribution in [0.2, 0.25) is 5.02 Å². The Morgan fingerprint density at radius 1 is 1.24 bits per heavy atom. The molecule has 21 heavy (non-hydrogen) atoms. The number of phenolic OH excluding ortho intramolecular Hbond substituents is 1. The zero-order valence-corrected chi connectivity index (χ0v) is 13.0. The fourth-order valence-electron chi connectivity index (χ4n) is 2.24. The van der Waals surface area contributed by atoms with Gasteiger partial charge in [0.1, 0.15) is 0 Å². The zero-order chi connectivity index (χ0) is 15.2. The van der Waals surface area contributed by atoms with Crippen LogP contribution in [0.1, 0.15) is 18.1 Å². The van der Waals surface area contributed by atoms with Gasteiger partial charge in [0.2, 0.25) is 0 Å². The van der Waals surface area contributed by atoms with E-state index in [1.165, 1.54) is 12.7 Å². The highest BCUT2D eigenvalue weighted by Crippen LogP contribution is 2.33. The molecule has 1 atom stereocenters. The van der Waals surface area contributed by atoms with Crippen molar-refractivity contribution < 1.29 is 9.84 Å². The number of benzene rings is 2. The molecular formula is C17H20ClNO2. The number of nitrogens with one attached hydrogen (secondary N) is 1. The number of hydrogen-bond acceptors (Lipinski definition) is 3. The van der Waals surface area contributed by atoms with E-state index in [1.54, 1.807) is 12.1 Å². The van der Waals surface area contributed by atoms with Gasteiger partial charge < -0.3 is 15.2 Å². The summed E-state index contributed by atoms with van der Waals surface area (Å²) < 4.78 is 5.11. The third-order valence-corrected chi connectivity index (χ3v) is 3.58. The van der Waals surface area contributed by atoms with Gasteiger partial charge in [-0.15, -0.1) is 0 Å². The molecule has 0 bridgehead atoms. The molecule has 2 rings (SSSR count). The van der Waals surface area contributed by atoms with Crippen LogP contribution in [-0.2, 0) is 13.0 Å². The van der Waals surface area contributed by atoms with Crippen molar-refractivity contribution in [3.8, 4) is 11.5 Å². The van der Waals surface area contributed by atoms with E-state index in [1.807, 2.05) is 18.2 Å². The van der Waals surface area contributed by atoms with E-state index in [0.29, 0.717) is 17.3 Å². The van der Waals surface area contributed by atoms with Crippen molar-refractivity contribution in [2.75, 3.05) is 7.11 Å². The van der Waals surface area contributed by atoms with Crippen LogP contribution in [0, 0.1) is 0 Å². The van der Waals surface area contributed by atoms with Gasteiger partial charge in [0, 0.05) is 29.2 Å². The molecule has 1 unspecified atom stereocenters. The van der Waals surface area contributed by atoms with E-state index >= 15 is 0 Å². The van der Waals surface area contributed by atoms with Crippen LogP contribution in [0.15, 0.2) is 42.5 Å². The largest absolute Gasteiger partial charge is 0.504 e. The van der Waals surface area contributed by atoms with Gasteiger partial charge in [0.25, 0.3) is 0 Å². The highest BCUT2D eigenvalue weighted by molar-refractivity contribution is 6.30. The Morgan fingerprint density at radius 3 is 2.62 bits per heavy atom. The van der Waals surface area contributed by atoms with Crippen molar-refractivity contribution in [3.63, 3.8) is 0 Å². The lowest BCUT2D eigenvalue weighted by atomic mass is 10.1. The number of hydrogen-bond donors (Lipinski definition) is 2. The maximum Gasteiger partial charge on any atom is 0.162 e. The standard InChI is InChI=1S/C17H20ClNO2/c1-12(8-13-6-4-3-5-7-13)19-11-14-9-15(18)10-16(21-2)17(14)20/h3-7,9-10,12,19-20H,8,11H2,1-2H3. The van der Waals surface area contributed by atoms with Gasteiger partial charge >= 0.3 is 0 Å². The molecule has 0 radical (unpaired) electrons. The molecule has 0 heterocycles. The normalized spacial score (nSPS) is 12.1. The van der Waals surface area contributed by atoms with Crippen molar-refractivity contribution >= 4 is 11.6 Å². The van der Waals surface area contributed by atoms with E-state index in [-0.39, 0.29) is 11.8 Å². The highest BCUT2D eigenvalue weighted by Gasteiger charge is 2.11. The summed E-state index contributed by atoms with van der Waals surface area (Å²) in [5.41, 5.74) is 2.02. The second-order valence-corrected chi connectivity index (χ2v) is 5.52. The second-order valence-electron chi connectivity index (χ2n) is 5.09. The summed E-state index contributed by atoms with van der Waals surface area (Å²) in [5.74, 6) is 0.538. The molecule has 0 spiro atoms. The van der Waals surface area contributed by atoms with Crippen LogP contribution in [0.3, 0.4) is 0 Å². The molecule has 2 aromatic carbocycles. The molecule has 0 aliphatic heterocycles. The number of aromatic hydroxyl groups is 1. The fourth-order valence-corrected chi connectivity index (χ4v) is 2.47. The topological polar surface area (TPSA) is 41.5 Å². The summed E-state index contributed by atoms with van der Waals surface area (Å²) in [5, 5.41) is 14.0. The minimum absolute atomic E-state index is 0.140. The average Bonchev–Trinajstić information content (AvgIpc) is 2.48. The predicted molar refractivity (Wildman–Crippen MR) is 86.1 cm³/mol. The van der Waals surface area contributed by atoms with Gasteiger partial charge in [-0.1, -0.05) is 41.9 Å². The van der Waals surface area contributed by atoms with Gasteiger partial charge in [-0.25, -0.2) is 0 Å². The van der Waals surface area contributed by atoms with E-state index in [9.17, 15) is 5.11 Å². The van der Waals surface area contributed by atoms with Crippen LogP contribution in [0.4, 0.5) is 0 Å². The summed E-state index contributed by atoms with van der Waals surface area (Å²) in [7, 11) is 1.51. The molecule has 4 heteroatoms. The highest BCUT2D eigenvalue weighted by atomic mass is 35.5. The van der Waals surface area contributed by atoms with Gasteiger partial charge in [-0.05, 0) is 25.0 Å². The molecule has 2 N–H and O–H groups in total. The summed E-state index contributed by atoms with van der Waals surface area (Å²) in [6.07, 6.45) is 0.930.